The molecule has 0 amide bonds. The second-order valence-corrected chi connectivity index (χ2v) is 2.20. The van der Waals surface area contributed by atoms with Crippen LogP contribution in [0.3, 0.4) is 0 Å². The van der Waals surface area contributed by atoms with Crippen LogP contribution >= 0.6 is 0 Å². The highest BCUT2D eigenvalue weighted by Gasteiger charge is 1.90. The largest absolute Gasteiger partial charge is 0.399 e. The second kappa shape index (κ2) is 3.22. The van der Waals surface area contributed by atoms with Gasteiger partial charge in [0.25, 0.3) is 0 Å². The Morgan fingerprint density at radius 2 is 2.20 bits per heavy atom. The number of hydrogen-bond donors (Lipinski definition) is 1. The van der Waals surface area contributed by atoms with Gasteiger partial charge in [0.05, 0.1) is 6.61 Å². The van der Waals surface area contributed by atoms with Crippen LogP contribution in [0.2, 0.25) is 0 Å². The van der Waals surface area contributed by atoms with Gasteiger partial charge >= 0.3 is 0 Å². The van der Waals surface area contributed by atoms with E-state index in [1.54, 1.807) is 0 Å². The van der Waals surface area contributed by atoms with Gasteiger partial charge in [-0.2, -0.15) is 0 Å². The first-order valence-corrected chi connectivity index (χ1v) is 3.25. The van der Waals surface area contributed by atoms with Crippen LogP contribution in [0.25, 0.3) is 0 Å². The molecule has 1 aromatic carbocycles. The summed E-state index contributed by atoms with van der Waals surface area (Å²) in [5.74, 6) is 0. The molecule has 1 radical (unpaired) electrons. The minimum absolute atomic E-state index is 0.0660. The summed E-state index contributed by atoms with van der Waals surface area (Å²) >= 11 is 0. The molecule has 1 rings (SSSR count). The third-order valence-electron chi connectivity index (χ3n) is 1.34. The van der Waals surface area contributed by atoms with Crippen LogP contribution in [-0.4, -0.2) is 6.61 Å². The molecule has 0 atom stereocenters. The highest BCUT2D eigenvalue weighted by Crippen LogP contribution is 2.06. The van der Waals surface area contributed by atoms with E-state index in [1.807, 2.05) is 24.3 Å². The van der Waals surface area contributed by atoms with Crippen LogP contribution in [0.15, 0.2) is 24.3 Å². The Hall–Kier alpha value is -1.02. The van der Waals surface area contributed by atoms with Crippen LogP contribution in [0.1, 0.15) is 5.56 Å². The van der Waals surface area contributed by atoms with Gasteiger partial charge in [-0.05, 0) is 24.1 Å². The average Bonchev–Trinajstić information content (AvgIpc) is 1.88. The van der Waals surface area contributed by atoms with Crippen molar-refractivity contribution in [1.82, 2.24) is 0 Å². The van der Waals surface area contributed by atoms with Crippen molar-refractivity contribution in [1.29, 1.82) is 0 Å². The molecular weight excluding hydrogens is 126 g/mol. The van der Waals surface area contributed by atoms with Gasteiger partial charge in [-0.3, -0.25) is 0 Å². The molecule has 0 aromatic heterocycles. The zero-order chi connectivity index (χ0) is 7.40. The third kappa shape index (κ3) is 1.74. The van der Waals surface area contributed by atoms with Gasteiger partial charge in [-0.1, -0.05) is 12.1 Å². The molecule has 0 aliphatic carbocycles. The molecule has 0 bridgehead atoms. The molecule has 0 saturated carbocycles. The normalized spacial score (nSPS) is 9.70. The molecule has 0 spiro atoms. The zero-order valence-corrected chi connectivity index (χ0v) is 5.71. The van der Waals surface area contributed by atoms with Crippen LogP contribution in [-0.2, 0) is 11.5 Å². The Bertz CT molecular complexity index is 210. The minimum atomic E-state index is -0.0660. The smallest absolute Gasteiger partial charge is 0.0862 e. The maximum atomic E-state index is 10.2. The summed E-state index contributed by atoms with van der Waals surface area (Å²) in [5, 5.41) is 10.2. The molecule has 0 saturated heterocycles. The van der Waals surface area contributed by atoms with E-state index >= 15 is 0 Å². The molecule has 0 aliphatic rings. The first kappa shape index (κ1) is 7.09. The Kier molecular flexibility index (Phi) is 2.29. The molecule has 10 heavy (non-hydrogen) atoms. The van der Waals surface area contributed by atoms with Gasteiger partial charge in [0.15, 0.2) is 0 Å². The van der Waals surface area contributed by atoms with Crippen LogP contribution in [0.5, 0.6) is 0 Å². The number of nitrogen functional groups attached to an aromatic ring is 1. The summed E-state index contributed by atoms with van der Waals surface area (Å²) < 4.78 is 0. The lowest BCUT2D eigenvalue weighted by Gasteiger charge is -1.96. The number of rotatable bonds is 2. The Morgan fingerprint density at radius 3 is 2.80 bits per heavy atom. The SMILES string of the molecule is Nc1cccc(CC[O])c1. The Balaban J connectivity index is 2.75. The first-order chi connectivity index (χ1) is 4.83. The van der Waals surface area contributed by atoms with Crippen LogP contribution in [0, 0.1) is 0 Å². The second-order valence-electron chi connectivity index (χ2n) is 2.20. The highest BCUT2D eigenvalue weighted by atomic mass is 16.2. The number of hydrogen-bond acceptors (Lipinski definition) is 1. The van der Waals surface area contributed by atoms with Crippen molar-refractivity contribution in [3.63, 3.8) is 0 Å². The topological polar surface area (TPSA) is 45.9 Å². The van der Waals surface area contributed by atoms with Crippen molar-refractivity contribution in [3.8, 4) is 0 Å². The van der Waals surface area contributed by atoms with E-state index in [9.17, 15) is 5.11 Å². The molecule has 0 unspecified atom stereocenters. The minimum Gasteiger partial charge on any atom is -0.399 e. The molecule has 0 aliphatic heterocycles. The standard InChI is InChI=1S/C8H10NO/c9-8-3-1-2-7(6-8)4-5-10/h1-3,6H,4-5,9H2. The quantitative estimate of drug-likeness (QED) is 0.611. The molecule has 1 aromatic rings. The maximum Gasteiger partial charge on any atom is 0.0862 e. The van der Waals surface area contributed by atoms with Crippen molar-refractivity contribution >= 4 is 5.69 Å². The monoisotopic (exact) mass is 136 g/mol. The fourth-order valence-electron chi connectivity index (χ4n) is 0.866. The van der Waals surface area contributed by atoms with Crippen molar-refractivity contribution < 1.29 is 5.11 Å². The van der Waals surface area contributed by atoms with Crippen molar-refractivity contribution in [2.45, 2.75) is 6.42 Å². The van der Waals surface area contributed by atoms with Crippen molar-refractivity contribution in [2.24, 2.45) is 0 Å². The summed E-state index contributed by atoms with van der Waals surface area (Å²) in [4.78, 5) is 0. The summed E-state index contributed by atoms with van der Waals surface area (Å²) in [7, 11) is 0. The predicted molar refractivity (Wildman–Crippen MR) is 40.1 cm³/mol. The van der Waals surface area contributed by atoms with Crippen molar-refractivity contribution in [2.75, 3.05) is 12.3 Å². The fourth-order valence-corrected chi connectivity index (χ4v) is 0.866. The fraction of sp³-hybridized carbons (Fsp3) is 0.250. The third-order valence-corrected chi connectivity index (χ3v) is 1.34. The highest BCUT2D eigenvalue weighted by molar-refractivity contribution is 5.40. The molecule has 0 fully saturated rings. The molecule has 2 heteroatoms. The van der Waals surface area contributed by atoms with E-state index in [0.29, 0.717) is 6.42 Å². The Morgan fingerprint density at radius 1 is 1.40 bits per heavy atom. The number of benzene rings is 1. The van der Waals surface area contributed by atoms with Crippen LogP contribution < -0.4 is 5.73 Å². The lowest BCUT2D eigenvalue weighted by molar-refractivity contribution is 0.197. The van der Waals surface area contributed by atoms with Crippen molar-refractivity contribution in [3.05, 3.63) is 29.8 Å². The molecular formula is C8H10NO. The molecule has 2 nitrogen and oxygen atoms in total. The van der Waals surface area contributed by atoms with E-state index in [-0.39, 0.29) is 6.61 Å². The van der Waals surface area contributed by atoms with Gasteiger partial charge in [-0.25, -0.2) is 5.11 Å². The van der Waals surface area contributed by atoms with E-state index in [4.69, 9.17) is 5.73 Å². The summed E-state index contributed by atoms with van der Waals surface area (Å²) in [6, 6.07) is 7.42. The summed E-state index contributed by atoms with van der Waals surface area (Å²) in [5.41, 5.74) is 7.24. The molecule has 0 heterocycles. The van der Waals surface area contributed by atoms with Gasteiger partial charge in [0.1, 0.15) is 0 Å². The van der Waals surface area contributed by atoms with Crippen LogP contribution in [0.4, 0.5) is 5.69 Å². The summed E-state index contributed by atoms with van der Waals surface area (Å²) in [6.45, 7) is -0.0660. The summed E-state index contributed by atoms with van der Waals surface area (Å²) in [6.07, 6.45) is 0.574. The number of nitrogens with two attached hydrogens (primary N) is 1. The lowest BCUT2D eigenvalue weighted by Crippen LogP contribution is -1.91. The van der Waals surface area contributed by atoms with Gasteiger partial charge in [0.2, 0.25) is 0 Å². The van der Waals surface area contributed by atoms with E-state index in [1.165, 1.54) is 0 Å². The Labute approximate surface area is 60.3 Å². The van der Waals surface area contributed by atoms with Gasteiger partial charge in [-0.15, -0.1) is 0 Å². The van der Waals surface area contributed by atoms with E-state index < -0.39 is 0 Å². The maximum absolute atomic E-state index is 10.2. The van der Waals surface area contributed by atoms with E-state index in [0.717, 1.165) is 11.3 Å². The predicted octanol–water partition coefficient (Wildman–Crippen LogP) is 1.24. The van der Waals surface area contributed by atoms with Gasteiger partial charge in [0, 0.05) is 5.69 Å². The number of anilines is 1. The lowest BCUT2D eigenvalue weighted by atomic mass is 10.1. The molecule has 2 N–H and O–H groups in total. The van der Waals surface area contributed by atoms with E-state index in [2.05, 4.69) is 0 Å². The average molecular weight is 136 g/mol. The first-order valence-electron chi connectivity index (χ1n) is 3.25. The zero-order valence-electron chi connectivity index (χ0n) is 5.71. The van der Waals surface area contributed by atoms with Gasteiger partial charge < -0.3 is 5.73 Å². The molecule has 53 valence electrons.